The highest BCUT2D eigenvalue weighted by Gasteiger charge is 2.24. The van der Waals surface area contributed by atoms with E-state index in [2.05, 4.69) is 4.90 Å². The number of anilines is 1. The highest BCUT2D eigenvalue weighted by molar-refractivity contribution is 5.88. The topological polar surface area (TPSA) is 77.5 Å². The molecule has 1 aromatic rings. The van der Waals surface area contributed by atoms with E-state index in [1.165, 1.54) is 6.26 Å². The van der Waals surface area contributed by atoms with Gasteiger partial charge in [0.15, 0.2) is 6.61 Å². The Hall–Kier alpha value is -2.90. The Balaban J connectivity index is 1.44. The van der Waals surface area contributed by atoms with Crippen LogP contribution in [0.3, 0.4) is 0 Å². The van der Waals surface area contributed by atoms with Crippen LogP contribution in [0.1, 0.15) is 0 Å². The maximum atomic E-state index is 12.2. The summed E-state index contributed by atoms with van der Waals surface area (Å²) in [4.78, 5) is 27.9. The summed E-state index contributed by atoms with van der Waals surface area (Å²) in [5.41, 5.74) is 1.09. The van der Waals surface area contributed by atoms with E-state index in [9.17, 15) is 9.59 Å². The molecule has 2 aliphatic heterocycles. The number of ether oxygens (including phenoxy) is 4. The van der Waals surface area contributed by atoms with Crippen molar-refractivity contribution in [2.24, 2.45) is 0 Å². The Morgan fingerprint density at radius 1 is 1.08 bits per heavy atom. The van der Waals surface area contributed by atoms with Gasteiger partial charge in [-0.1, -0.05) is 0 Å². The molecule has 1 saturated heterocycles. The number of nitrogens with zero attached hydrogens (tertiary/aromatic N) is 2. The molecule has 1 fully saturated rings. The van der Waals surface area contributed by atoms with Gasteiger partial charge in [-0.25, -0.2) is 4.79 Å². The number of hydrogen-bond donors (Lipinski definition) is 0. The van der Waals surface area contributed by atoms with Crippen molar-refractivity contribution in [1.29, 1.82) is 0 Å². The molecule has 2 aliphatic rings. The van der Waals surface area contributed by atoms with Crippen LogP contribution in [-0.4, -0.2) is 69.9 Å². The number of amides is 1. The largest absolute Gasteiger partial charge is 0.497 e. The Labute approximate surface area is 151 Å². The minimum absolute atomic E-state index is 0.00613. The molecule has 2 heterocycles. The molecule has 0 spiro atoms. The predicted molar refractivity (Wildman–Crippen MR) is 92.7 cm³/mol. The predicted octanol–water partition coefficient (Wildman–Crippen LogP) is 0.775. The molecule has 140 valence electrons. The third-order valence-corrected chi connectivity index (χ3v) is 4.25. The third kappa shape index (κ3) is 4.38. The summed E-state index contributed by atoms with van der Waals surface area (Å²) in [6, 6.07) is 7.83. The lowest BCUT2D eigenvalue weighted by Gasteiger charge is -2.36. The number of rotatable bonds is 5. The summed E-state index contributed by atoms with van der Waals surface area (Å²) in [6.45, 7) is 2.97. The van der Waals surface area contributed by atoms with Gasteiger partial charge in [-0.3, -0.25) is 4.79 Å². The molecule has 0 radical (unpaired) electrons. The van der Waals surface area contributed by atoms with Gasteiger partial charge in [0.2, 0.25) is 5.76 Å². The van der Waals surface area contributed by atoms with E-state index in [0.717, 1.165) is 11.4 Å². The van der Waals surface area contributed by atoms with Crippen LogP contribution < -0.4 is 9.64 Å². The van der Waals surface area contributed by atoms with E-state index >= 15 is 0 Å². The number of esters is 1. The minimum atomic E-state index is -0.685. The summed E-state index contributed by atoms with van der Waals surface area (Å²) in [5.74, 6) is -0.0970. The lowest BCUT2D eigenvalue weighted by Crippen LogP contribution is -2.50. The normalized spacial score (nSPS) is 16.9. The van der Waals surface area contributed by atoms with Crippen LogP contribution in [0.5, 0.6) is 5.75 Å². The van der Waals surface area contributed by atoms with Gasteiger partial charge in [-0.05, 0) is 24.3 Å². The summed E-state index contributed by atoms with van der Waals surface area (Å²) in [7, 11) is 1.64. The zero-order valence-electron chi connectivity index (χ0n) is 14.7. The third-order valence-electron chi connectivity index (χ3n) is 4.25. The monoisotopic (exact) mass is 362 g/mol. The van der Waals surface area contributed by atoms with Crippen LogP contribution >= 0.6 is 0 Å². The van der Waals surface area contributed by atoms with Crippen LogP contribution in [0.4, 0.5) is 5.69 Å². The number of methoxy groups -OCH3 is 1. The first-order valence-electron chi connectivity index (χ1n) is 8.46. The number of piperazine rings is 1. The number of carbonyl (C=O) groups is 2. The first kappa shape index (κ1) is 17.9. The van der Waals surface area contributed by atoms with Crippen molar-refractivity contribution < 1.29 is 28.5 Å². The van der Waals surface area contributed by atoms with E-state index in [1.54, 1.807) is 12.0 Å². The Kier molecular flexibility index (Phi) is 5.83. The summed E-state index contributed by atoms with van der Waals surface area (Å²) >= 11 is 0. The number of hydrogen-bond acceptors (Lipinski definition) is 7. The molecule has 26 heavy (non-hydrogen) atoms. The second kappa shape index (κ2) is 8.46. The molecule has 0 bridgehead atoms. The van der Waals surface area contributed by atoms with Gasteiger partial charge >= 0.3 is 5.97 Å². The fourth-order valence-corrected chi connectivity index (χ4v) is 2.77. The van der Waals surface area contributed by atoms with Crippen LogP contribution in [0, 0.1) is 0 Å². The zero-order chi connectivity index (χ0) is 18.4. The molecule has 0 saturated carbocycles. The van der Waals surface area contributed by atoms with Crippen molar-refractivity contribution in [3.05, 3.63) is 36.3 Å². The molecule has 1 aromatic carbocycles. The van der Waals surface area contributed by atoms with Crippen molar-refractivity contribution in [1.82, 2.24) is 4.90 Å². The average Bonchev–Trinajstić information content (AvgIpc) is 2.72. The Morgan fingerprint density at radius 2 is 1.81 bits per heavy atom. The number of carbonyl (C=O) groups excluding carboxylic acids is 2. The Morgan fingerprint density at radius 3 is 2.42 bits per heavy atom. The number of benzene rings is 1. The quantitative estimate of drug-likeness (QED) is 0.716. The van der Waals surface area contributed by atoms with Crippen LogP contribution in [-0.2, 0) is 23.8 Å². The molecule has 0 unspecified atom stereocenters. The average molecular weight is 362 g/mol. The minimum Gasteiger partial charge on any atom is -0.497 e. The van der Waals surface area contributed by atoms with Crippen molar-refractivity contribution in [2.75, 3.05) is 58.0 Å². The lowest BCUT2D eigenvalue weighted by atomic mass is 10.2. The Bertz CT molecular complexity index is 665. The smallest absolute Gasteiger partial charge is 0.377 e. The van der Waals surface area contributed by atoms with Gasteiger partial charge in [-0.15, -0.1) is 0 Å². The van der Waals surface area contributed by atoms with E-state index in [0.29, 0.717) is 39.4 Å². The van der Waals surface area contributed by atoms with Gasteiger partial charge < -0.3 is 28.7 Å². The van der Waals surface area contributed by atoms with Gasteiger partial charge in [0, 0.05) is 31.9 Å². The van der Waals surface area contributed by atoms with E-state index in [1.807, 2.05) is 24.3 Å². The first-order valence-corrected chi connectivity index (χ1v) is 8.46. The van der Waals surface area contributed by atoms with E-state index in [4.69, 9.17) is 18.9 Å². The standard InChI is InChI=1S/C18H22N2O6/c1-23-15-4-2-14(3-5-15)19-6-8-20(9-7-19)17(21)13-26-18(22)16-12-24-10-11-25-16/h2-5,12H,6-11,13H2,1H3. The molecule has 0 N–H and O–H groups in total. The molecule has 1 amide bonds. The van der Waals surface area contributed by atoms with Gasteiger partial charge in [0.1, 0.15) is 25.2 Å². The van der Waals surface area contributed by atoms with Gasteiger partial charge in [0.05, 0.1) is 7.11 Å². The summed E-state index contributed by atoms with van der Waals surface area (Å²) in [5, 5.41) is 0. The molecule has 0 aromatic heterocycles. The molecule has 0 aliphatic carbocycles. The fraction of sp³-hybridized carbons (Fsp3) is 0.444. The van der Waals surface area contributed by atoms with Crippen molar-refractivity contribution in [3.8, 4) is 5.75 Å². The summed E-state index contributed by atoms with van der Waals surface area (Å²) < 4.78 is 20.3. The maximum Gasteiger partial charge on any atom is 0.377 e. The molecular weight excluding hydrogens is 340 g/mol. The van der Waals surface area contributed by atoms with Crippen LogP contribution in [0.15, 0.2) is 36.3 Å². The molecule has 3 rings (SSSR count). The molecule has 8 heteroatoms. The van der Waals surface area contributed by atoms with Gasteiger partial charge in [0.25, 0.3) is 5.91 Å². The van der Waals surface area contributed by atoms with Gasteiger partial charge in [-0.2, -0.15) is 0 Å². The highest BCUT2D eigenvalue weighted by Crippen LogP contribution is 2.20. The molecule has 0 atom stereocenters. The highest BCUT2D eigenvalue weighted by atomic mass is 16.6. The van der Waals surface area contributed by atoms with Crippen molar-refractivity contribution in [2.45, 2.75) is 0 Å². The fourth-order valence-electron chi connectivity index (χ4n) is 2.77. The van der Waals surface area contributed by atoms with Crippen molar-refractivity contribution in [3.63, 3.8) is 0 Å². The van der Waals surface area contributed by atoms with Crippen LogP contribution in [0.2, 0.25) is 0 Å². The SMILES string of the molecule is COc1ccc(N2CCN(C(=O)COC(=O)C3=COCCO3)CC2)cc1. The van der Waals surface area contributed by atoms with E-state index in [-0.39, 0.29) is 18.3 Å². The second-order valence-corrected chi connectivity index (χ2v) is 5.84. The zero-order valence-corrected chi connectivity index (χ0v) is 14.7. The second-order valence-electron chi connectivity index (χ2n) is 5.84. The van der Waals surface area contributed by atoms with E-state index < -0.39 is 5.97 Å². The van der Waals surface area contributed by atoms with Crippen molar-refractivity contribution >= 4 is 17.6 Å². The maximum absolute atomic E-state index is 12.2. The molecule has 8 nitrogen and oxygen atoms in total. The lowest BCUT2D eigenvalue weighted by molar-refractivity contribution is -0.152. The molecular formula is C18H22N2O6. The first-order chi connectivity index (χ1) is 12.7. The van der Waals surface area contributed by atoms with Crippen LogP contribution in [0.25, 0.3) is 0 Å². The summed E-state index contributed by atoms with van der Waals surface area (Å²) in [6.07, 6.45) is 1.21.